The van der Waals surface area contributed by atoms with E-state index in [2.05, 4.69) is 0 Å². The fourth-order valence-electron chi connectivity index (χ4n) is 1.45. The minimum absolute atomic E-state index is 0.210. The summed E-state index contributed by atoms with van der Waals surface area (Å²) >= 11 is 0. The van der Waals surface area contributed by atoms with Crippen LogP contribution in [0.25, 0.3) is 0 Å². The molecule has 102 valence electrons. The summed E-state index contributed by atoms with van der Waals surface area (Å²) in [5.41, 5.74) is 2.21. The molecule has 0 radical (unpaired) electrons. The molecule has 0 spiro atoms. The molecular formula is C12H15N3O4. The van der Waals surface area contributed by atoms with E-state index in [1.807, 2.05) is 5.43 Å². The number of nitrogens with two attached hydrogens (primary N) is 1. The van der Waals surface area contributed by atoms with Gasteiger partial charge in [0.15, 0.2) is 6.61 Å². The Morgan fingerprint density at radius 3 is 2.79 bits per heavy atom. The van der Waals surface area contributed by atoms with Crippen LogP contribution in [0.2, 0.25) is 0 Å². The maximum atomic E-state index is 11.0. The number of hydrazine groups is 1. The Bertz CT molecular complexity index is 472. The molecule has 5 N–H and O–H groups in total. The Morgan fingerprint density at radius 2 is 2.16 bits per heavy atom. The highest BCUT2D eigenvalue weighted by molar-refractivity contribution is 5.76. The average Bonchev–Trinajstić information content (AvgIpc) is 2.44. The Morgan fingerprint density at radius 1 is 1.47 bits per heavy atom. The monoisotopic (exact) mass is 265 g/mol. The first-order valence-corrected chi connectivity index (χ1v) is 5.54. The van der Waals surface area contributed by atoms with E-state index in [4.69, 9.17) is 15.8 Å². The van der Waals surface area contributed by atoms with Crippen LogP contribution in [0.15, 0.2) is 24.3 Å². The molecule has 0 aliphatic rings. The van der Waals surface area contributed by atoms with Crippen LogP contribution in [0, 0.1) is 11.3 Å². The van der Waals surface area contributed by atoms with E-state index in [1.54, 1.807) is 30.3 Å². The number of aliphatic hydroxyl groups is 2. The highest BCUT2D eigenvalue weighted by Crippen LogP contribution is 2.28. The summed E-state index contributed by atoms with van der Waals surface area (Å²) in [5.74, 6) is 4.64. The van der Waals surface area contributed by atoms with Gasteiger partial charge in [-0.2, -0.15) is 5.26 Å². The Kier molecular flexibility index (Phi) is 5.75. The van der Waals surface area contributed by atoms with Crippen molar-refractivity contribution in [3.8, 4) is 11.8 Å². The van der Waals surface area contributed by atoms with Crippen LogP contribution in [-0.2, 0) is 4.79 Å². The molecule has 1 aromatic carbocycles. The highest BCUT2D eigenvalue weighted by atomic mass is 16.5. The van der Waals surface area contributed by atoms with Crippen LogP contribution in [0.3, 0.4) is 0 Å². The molecule has 0 saturated heterocycles. The van der Waals surface area contributed by atoms with E-state index >= 15 is 0 Å². The minimum Gasteiger partial charge on any atom is -0.483 e. The lowest BCUT2D eigenvalue weighted by atomic mass is 10.0. The third-order valence-electron chi connectivity index (χ3n) is 2.42. The molecule has 1 rings (SSSR count). The molecule has 1 aromatic rings. The van der Waals surface area contributed by atoms with Gasteiger partial charge >= 0.3 is 0 Å². The van der Waals surface area contributed by atoms with Crippen molar-refractivity contribution in [1.29, 1.82) is 5.26 Å². The number of nitrogens with zero attached hydrogens (tertiary/aromatic N) is 1. The van der Waals surface area contributed by atoms with Gasteiger partial charge in [0.2, 0.25) is 0 Å². The van der Waals surface area contributed by atoms with E-state index in [0.29, 0.717) is 5.56 Å². The molecule has 0 bridgehead atoms. The first kappa shape index (κ1) is 14.9. The molecular weight excluding hydrogens is 250 g/mol. The lowest BCUT2D eigenvalue weighted by molar-refractivity contribution is -0.123. The summed E-state index contributed by atoms with van der Waals surface area (Å²) in [6.45, 7) is -0.311. The summed E-state index contributed by atoms with van der Waals surface area (Å²) in [7, 11) is 0. The zero-order valence-corrected chi connectivity index (χ0v) is 10.1. The van der Waals surface area contributed by atoms with Crippen LogP contribution in [0.1, 0.15) is 18.1 Å². The van der Waals surface area contributed by atoms with E-state index in [1.165, 1.54) is 0 Å². The van der Waals surface area contributed by atoms with E-state index < -0.39 is 18.1 Å². The Hall–Kier alpha value is -2.14. The van der Waals surface area contributed by atoms with Gasteiger partial charge in [0.1, 0.15) is 11.9 Å². The van der Waals surface area contributed by atoms with Gasteiger partial charge in [-0.05, 0) is 6.07 Å². The van der Waals surface area contributed by atoms with E-state index in [9.17, 15) is 15.0 Å². The largest absolute Gasteiger partial charge is 0.483 e. The first-order valence-electron chi connectivity index (χ1n) is 5.54. The van der Waals surface area contributed by atoms with Gasteiger partial charge in [0.05, 0.1) is 18.6 Å². The molecule has 1 amide bonds. The number of amides is 1. The molecule has 19 heavy (non-hydrogen) atoms. The SMILES string of the molecule is N#CCC(O)C(O)c1ccccc1OCC(=O)NN. The summed E-state index contributed by atoms with van der Waals surface area (Å²) in [6, 6.07) is 8.15. The summed E-state index contributed by atoms with van der Waals surface area (Å²) in [6.07, 6.45) is -2.70. The second-order valence-corrected chi connectivity index (χ2v) is 3.77. The predicted octanol–water partition coefficient (Wildman–Crippen LogP) is -0.637. The lowest BCUT2D eigenvalue weighted by Crippen LogP contribution is -2.34. The maximum Gasteiger partial charge on any atom is 0.271 e. The second-order valence-electron chi connectivity index (χ2n) is 3.77. The van der Waals surface area contributed by atoms with Gasteiger partial charge in [-0.3, -0.25) is 10.2 Å². The second kappa shape index (κ2) is 7.33. The van der Waals surface area contributed by atoms with Crippen LogP contribution in [-0.4, -0.2) is 28.8 Å². The Balaban J connectivity index is 2.83. The van der Waals surface area contributed by atoms with Crippen molar-refractivity contribution < 1.29 is 19.7 Å². The summed E-state index contributed by atoms with van der Waals surface area (Å²) in [4.78, 5) is 11.0. The molecule has 0 aliphatic heterocycles. The number of nitriles is 1. The summed E-state index contributed by atoms with van der Waals surface area (Å²) < 4.78 is 5.19. The van der Waals surface area contributed by atoms with Crippen molar-refractivity contribution in [2.24, 2.45) is 5.84 Å². The molecule has 0 fully saturated rings. The fourth-order valence-corrected chi connectivity index (χ4v) is 1.45. The zero-order valence-electron chi connectivity index (χ0n) is 10.1. The number of carbonyl (C=O) groups is 1. The molecule has 7 nitrogen and oxygen atoms in total. The van der Waals surface area contributed by atoms with Crippen LogP contribution in [0.4, 0.5) is 0 Å². The van der Waals surface area contributed by atoms with E-state index in [-0.39, 0.29) is 18.8 Å². The van der Waals surface area contributed by atoms with Crippen molar-refractivity contribution >= 4 is 5.91 Å². The van der Waals surface area contributed by atoms with Crippen molar-refractivity contribution in [3.63, 3.8) is 0 Å². The van der Waals surface area contributed by atoms with Crippen molar-refractivity contribution in [2.45, 2.75) is 18.6 Å². The predicted molar refractivity (Wildman–Crippen MR) is 65.5 cm³/mol. The number of para-hydroxylation sites is 1. The van der Waals surface area contributed by atoms with Crippen molar-refractivity contribution in [3.05, 3.63) is 29.8 Å². The number of ether oxygens (including phenoxy) is 1. The minimum atomic E-state index is -1.27. The Labute approximate surface area is 110 Å². The van der Waals surface area contributed by atoms with Gasteiger partial charge in [-0.25, -0.2) is 5.84 Å². The quantitative estimate of drug-likeness (QED) is 0.308. The fraction of sp³-hybridized carbons (Fsp3) is 0.333. The number of benzene rings is 1. The molecule has 2 unspecified atom stereocenters. The number of carbonyl (C=O) groups excluding carboxylic acids is 1. The highest BCUT2D eigenvalue weighted by Gasteiger charge is 2.21. The molecule has 0 heterocycles. The molecule has 0 aromatic heterocycles. The molecule has 2 atom stereocenters. The van der Waals surface area contributed by atoms with Crippen LogP contribution < -0.4 is 16.0 Å². The number of rotatable bonds is 6. The number of nitrogens with one attached hydrogen (secondary N) is 1. The van der Waals surface area contributed by atoms with Gasteiger partial charge in [-0.15, -0.1) is 0 Å². The lowest BCUT2D eigenvalue weighted by Gasteiger charge is -2.18. The first-order chi connectivity index (χ1) is 9.10. The summed E-state index contributed by atoms with van der Waals surface area (Å²) in [5, 5.41) is 28.0. The van der Waals surface area contributed by atoms with E-state index in [0.717, 1.165) is 0 Å². The number of hydrogen-bond acceptors (Lipinski definition) is 6. The van der Waals surface area contributed by atoms with Gasteiger partial charge in [0, 0.05) is 5.56 Å². The third kappa shape index (κ3) is 4.22. The van der Waals surface area contributed by atoms with Crippen molar-refractivity contribution in [1.82, 2.24) is 5.43 Å². The van der Waals surface area contributed by atoms with Crippen LogP contribution >= 0.6 is 0 Å². The van der Waals surface area contributed by atoms with Crippen LogP contribution in [0.5, 0.6) is 5.75 Å². The normalized spacial score (nSPS) is 13.2. The number of aliphatic hydroxyl groups excluding tert-OH is 2. The zero-order chi connectivity index (χ0) is 14.3. The maximum absolute atomic E-state index is 11.0. The number of hydrogen-bond donors (Lipinski definition) is 4. The smallest absolute Gasteiger partial charge is 0.271 e. The van der Waals surface area contributed by atoms with Gasteiger partial charge in [-0.1, -0.05) is 18.2 Å². The van der Waals surface area contributed by atoms with Crippen molar-refractivity contribution in [2.75, 3.05) is 6.61 Å². The molecule has 0 aliphatic carbocycles. The average molecular weight is 265 g/mol. The van der Waals surface area contributed by atoms with Gasteiger partial charge in [0.25, 0.3) is 5.91 Å². The third-order valence-corrected chi connectivity index (χ3v) is 2.42. The van der Waals surface area contributed by atoms with Gasteiger partial charge < -0.3 is 14.9 Å². The topological polar surface area (TPSA) is 129 Å². The molecule has 0 saturated carbocycles. The standard InChI is InChI=1S/C12H15N3O4/c13-6-5-9(16)12(18)8-3-1-2-4-10(8)19-7-11(17)15-14/h1-4,9,12,16,18H,5,7,14H2,(H,15,17). The molecule has 7 heteroatoms.